The highest BCUT2D eigenvalue weighted by Gasteiger charge is 2.12. The Hall–Kier alpha value is -1.97. The smallest absolute Gasteiger partial charge is 0.331 e. The lowest BCUT2D eigenvalue weighted by Gasteiger charge is -2.01. The van der Waals surface area contributed by atoms with Crippen LogP contribution < -0.4 is 0 Å². The van der Waals surface area contributed by atoms with Crippen LogP contribution in [-0.2, 0) is 11.2 Å². The number of nitrogens with zero attached hydrogens (tertiary/aromatic N) is 2. The topological polar surface area (TPSA) is 63.1 Å². The second-order valence-electron chi connectivity index (χ2n) is 2.96. The van der Waals surface area contributed by atoms with Gasteiger partial charge in [-0.2, -0.15) is 0 Å². The second kappa shape index (κ2) is 3.41. The van der Waals surface area contributed by atoms with E-state index in [1.807, 2.05) is 6.08 Å². The van der Waals surface area contributed by atoms with Crippen LogP contribution in [0.25, 0.3) is 6.08 Å². The van der Waals surface area contributed by atoms with E-state index in [0.29, 0.717) is 12.0 Å². The molecule has 4 nitrogen and oxygen atoms in total. The van der Waals surface area contributed by atoms with E-state index in [1.54, 1.807) is 18.3 Å². The Balaban J connectivity index is 2.42. The Morgan fingerprint density at radius 2 is 2.36 bits per heavy atom. The van der Waals surface area contributed by atoms with E-state index < -0.39 is 5.97 Å². The van der Waals surface area contributed by atoms with Gasteiger partial charge in [-0.15, -0.1) is 0 Å². The zero-order chi connectivity index (χ0) is 9.97. The molecule has 14 heavy (non-hydrogen) atoms. The van der Waals surface area contributed by atoms with E-state index >= 15 is 0 Å². The molecule has 0 bridgehead atoms. The van der Waals surface area contributed by atoms with Crippen molar-refractivity contribution in [2.45, 2.75) is 6.42 Å². The van der Waals surface area contributed by atoms with Crippen LogP contribution in [0.2, 0.25) is 0 Å². The van der Waals surface area contributed by atoms with Gasteiger partial charge >= 0.3 is 5.97 Å². The van der Waals surface area contributed by atoms with Crippen LogP contribution in [-0.4, -0.2) is 21.0 Å². The number of aliphatic carboxylic acids is 1. The van der Waals surface area contributed by atoms with Crippen molar-refractivity contribution in [2.75, 3.05) is 0 Å². The van der Waals surface area contributed by atoms with Gasteiger partial charge in [-0.1, -0.05) is 18.2 Å². The molecule has 0 fully saturated rings. The lowest BCUT2D eigenvalue weighted by molar-refractivity contribution is -0.132. The molecule has 70 valence electrons. The van der Waals surface area contributed by atoms with Gasteiger partial charge in [-0.05, 0) is 0 Å². The van der Waals surface area contributed by atoms with Gasteiger partial charge < -0.3 is 5.11 Å². The summed E-state index contributed by atoms with van der Waals surface area (Å²) >= 11 is 0. The maximum absolute atomic E-state index is 10.8. The molecule has 4 heteroatoms. The Morgan fingerprint density at radius 1 is 1.50 bits per heavy atom. The van der Waals surface area contributed by atoms with Gasteiger partial charge in [-0.3, -0.25) is 0 Å². The first-order valence-electron chi connectivity index (χ1n) is 4.17. The van der Waals surface area contributed by atoms with Crippen LogP contribution >= 0.6 is 0 Å². The van der Waals surface area contributed by atoms with Gasteiger partial charge in [0.05, 0.1) is 5.69 Å². The molecule has 1 aliphatic rings. The minimum absolute atomic E-state index is 0.346. The first-order chi connectivity index (χ1) is 6.77. The number of carbonyl (C=O) groups is 1. The number of hydrogen-bond acceptors (Lipinski definition) is 3. The van der Waals surface area contributed by atoms with Crippen molar-refractivity contribution >= 4 is 12.0 Å². The molecule has 0 amide bonds. The average molecular weight is 188 g/mol. The van der Waals surface area contributed by atoms with Crippen molar-refractivity contribution in [1.29, 1.82) is 0 Å². The molecule has 0 unspecified atom stereocenters. The van der Waals surface area contributed by atoms with Crippen molar-refractivity contribution < 1.29 is 9.90 Å². The summed E-state index contributed by atoms with van der Waals surface area (Å²) in [5.74, 6) is -0.902. The molecule has 2 rings (SSSR count). The Labute approximate surface area is 80.6 Å². The van der Waals surface area contributed by atoms with E-state index in [0.717, 1.165) is 11.3 Å². The number of rotatable bonds is 1. The third-order valence-electron chi connectivity index (χ3n) is 2.03. The summed E-state index contributed by atoms with van der Waals surface area (Å²) in [6, 6.07) is 0. The van der Waals surface area contributed by atoms with Crippen LogP contribution in [0.5, 0.6) is 0 Å². The van der Waals surface area contributed by atoms with E-state index in [9.17, 15) is 4.79 Å². The normalized spacial score (nSPS) is 14.1. The van der Waals surface area contributed by atoms with Crippen LogP contribution in [0.4, 0.5) is 0 Å². The summed E-state index contributed by atoms with van der Waals surface area (Å²) in [7, 11) is 0. The Kier molecular flexibility index (Phi) is 2.10. The molecule has 0 atom stereocenters. The second-order valence-corrected chi connectivity index (χ2v) is 2.96. The molecule has 1 aliphatic carbocycles. The fraction of sp³-hybridized carbons (Fsp3) is 0.100. The average Bonchev–Trinajstić information content (AvgIpc) is 2.39. The highest BCUT2D eigenvalue weighted by molar-refractivity contribution is 5.88. The van der Waals surface area contributed by atoms with Crippen LogP contribution in [0.3, 0.4) is 0 Å². The maximum Gasteiger partial charge on any atom is 0.331 e. The van der Waals surface area contributed by atoms with Gasteiger partial charge in [-0.25, -0.2) is 14.8 Å². The highest BCUT2D eigenvalue weighted by atomic mass is 16.4. The zero-order valence-electron chi connectivity index (χ0n) is 7.34. The third-order valence-corrected chi connectivity index (χ3v) is 2.03. The molecule has 0 saturated heterocycles. The number of allylic oxidation sites excluding steroid dienone is 2. The van der Waals surface area contributed by atoms with Crippen LogP contribution in [0, 0.1) is 0 Å². The molecular formula is C10H8N2O2. The number of aromatic nitrogens is 2. The molecule has 1 heterocycles. The lowest BCUT2D eigenvalue weighted by atomic mass is 10.1. The fourth-order valence-corrected chi connectivity index (χ4v) is 1.31. The predicted octanol–water partition coefficient (Wildman–Crippen LogP) is 1.06. The fourth-order valence-electron chi connectivity index (χ4n) is 1.31. The zero-order valence-corrected chi connectivity index (χ0v) is 7.34. The third kappa shape index (κ3) is 1.54. The van der Waals surface area contributed by atoms with E-state index in [-0.39, 0.29) is 0 Å². The molecule has 1 aromatic rings. The summed E-state index contributed by atoms with van der Waals surface area (Å²) in [6.07, 6.45) is 8.56. The minimum atomic E-state index is -0.902. The van der Waals surface area contributed by atoms with Gasteiger partial charge in [0.15, 0.2) is 0 Å². The number of fused-ring (bicyclic) bond motifs is 1. The van der Waals surface area contributed by atoms with Gasteiger partial charge in [0.1, 0.15) is 6.33 Å². The summed E-state index contributed by atoms with van der Waals surface area (Å²) in [6.45, 7) is 0. The lowest BCUT2D eigenvalue weighted by Crippen LogP contribution is -2.05. The molecular weight excluding hydrogens is 180 g/mol. The van der Waals surface area contributed by atoms with Gasteiger partial charge in [0.25, 0.3) is 0 Å². The van der Waals surface area contributed by atoms with Crippen molar-refractivity contribution in [2.24, 2.45) is 0 Å². The monoisotopic (exact) mass is 188 g/mol. The molecule has 0 radical (unpaired) electrons. The molecule has 0 saturated carbocycles. The maximum atomic E-state index is 10.8. The van der Waals surface area contributed by atoms with E-state index in [1.165, 1.54) is 6.33 Å². The van der Waals surface area contributed by atoms with E-state index in [4.69, 9.17) is 5.11 Å². The molecule has 1 N–H and O–H groups in total. The largest absolute Gasteiger partial charge is 0.478 e. The molecule has 1 aromatic heterocycles. The van der Waals surface area contributed by atoms with Crippen molar-refractivity contribution in [3.05, 3.63) is 41.5 Å². The molecule has 0 aromatic carbocycles. The number of carboxylic acid groups (broad SMARTS) is 1. The summed E-state index contributed by atoms with van der Waals surface area (Å²) in [5.41, 5.74) is 1.97. The standard InChI is InChI=1S/C10H8N2O2/c13-10(14)7-2-1-3-8-5-11-6-12-9(8)4-7/h1-3,5-6H,4H2,(H,13,14). The summed E-state index contributed by atoms with van der Waals surface area (Å²) < 4.78 is 0. The first kappa shape index (κ1) is 8.62. The summed E-state index contributed by atoms with van der Waals surface area (Å²) in [5, 5.41) is 8.84. The van der Waals surface area contributed by atoms with Crippen molar-refractivity contribution in [1.82, 2.24) is 9.97 Å². The first-order valence-corrected chi connectivity index (χ1v) is 4.17. The van der Waals surface area contributed by atoms with Gasteiger partial charge in [0, 0.05) is 23.8 Å². The van der Waals surface area contributed by atoms with Crippen molar-refractivity contribution in [3.8, 4) is 0 Å². The summed E-state index contributed by atoms with van der Waals surface area (Å²) in [4.78, 5) is 18.7. The minimum Gasteiger partial charge on any atom is -0.478 e. The number of carboxylic acids is 1. The predicted molar refractivity (Wildman–Crippen MR) is 50.5 cm³/mol. The number of hydrogen-bond donors (Lipinski definition) is 1. The van der Waals surface area contributed by atoms with Crippen LogP contribution in [0.1, 0.15) is 11.3 Å². The molecule has 0 spiro atoms. The van der Waals surface area contributed by atoms with Crippen LogP contribution in [0.15, 0.2) is 30.2 Å². The molecule has 0 aliphatic heterocycles. The van der Waals surface area contributed by atoms with Gasteiger partial charge in [0.2, 0.25) is 0 Å². The Morgan fingerprint density at radius 3 is 3.14 bits per heavy atom. The van der Waals surface area contributed by atoms with E-state index in [2.05, 4.69) is 9.97 Å². The SMILES string of the molecule is O=C(O)C1=CC=Cc2cncnc2C1. The highest BCUT2D eigenvalue weighted by Crippen LogP contribution is 2.15. The Bertz CT molecular complexity index is 436. The quantitative estimate of drug-likeness (QED) is 0.715. The van der Waals surface area contributed by atoms with Crippen molar-refractivity contribution in [3.63, 3.8) is 0 Å².